The molecule has 0 bridgehead atoms. The predicted octanol–water partition coefficient (Wildman–Crippen LogP) is 2.75. The molecule has 0 saturated carbocycles. The molecule has 2 aromatic carbocycles. The van der Waals surface area contributed by atoms with E-state index in [9.17, 15) is 20.1 Å². The van der Waals surface area contributed by atoms with Gasteiger partial charge >= 0.3 is 5.97 Å². The van der Waals surface area contributed by atoms with Crippen LogP contribution in [0.5, 0.6) is 28.7 Å². The summed E-state index contributed by atoms with van der Waals surface area (Å²) in [7, 11) is 2.86. The van der Waals surface area contributed by atoms with Gasteiger partial charge in [0.1, 0.15) is 24.4 Å². The van der Waals surface area contributed by atoms with Gasteiger partial charge < -0.3 is 58.0 Å². The smallest absolute Gasteiger partial charge is 0.310 e. The second-order valence-corrected chi connectivity index (χ2v) is 12.7. The van der Waals surface area contributed by atoms with Crippen LogP contribution in [0.1, 0.15) is 39.9 Å². The molecule has 3 saturated heterocycles. The van der Waals surface area contributed by atoms with Gasteiger partial charge in [-0.3, -0.25) is 4.79 Å². The third kappa shape index (κ3) is 4.70. The van der Waals surface area contributed by atoms with Crippen molar-refractivity contribution in [1.29, 1.82) is 0 Å². The van der Waals surface area contributed by atoms with E-state index in [1.165, 1.54) is 25.6 Å². The molecule has 0 radical (unpaired) electrons. The number of aliphatic hydroxyl groups is 2. The number of phenols is 1. The molecular formula is C32H32O13S. The minimum absolute atomic E-state index is 0.0242. The van der Waals surface area contributed by atoms with Crippen molar-refractivity contribution in [3.05, 3.63) is 63.3 Å². The number of esters is 1. The van der Waals surface area contributed by atoms with E-state index in [2.05, 4.69) is 0 Å². The quantitative estimate of drug-likeness (QED) is 0.333. The molecule has 5 aliphatic rings. The second-order valence-electron chi connectivity index (χ2n) is 11.8. The number of aromatic hydroxyl groups is 1. The first-order chi connectivity index (χ1) is 22.4. The second kappa shape index (κ2) is 11.6. The highest BCUT2D eigenvalue weighted by Crippen LogP contribution is 2.57. The van der Waals surface area contributed by atoms with Gasteiger partial charge in [0.2, 0.25) is 12.5 Å². The highest BCUT2D eigenvalue weighted by atomic mass is 32.1. The molecule has 14 heteroatoms. The SMILES string of the molecule is COc1cc([C@@H]2c3cc4c(cc3C(O[C@@H]3O[C@@H]5CO[C@@H](c6cccs6)O[C@H]5[C@H](O)[C@H]3O)C3COC(=O)[C@@H]32)OCO4)cc(OC)c1O. The normalized spacial score (nSPS) is 34.3. The minimum Gasteiger partial charge on any atom is -0.502 e. The number of carbonyl (C=O) groups is 1. The van der Waals surface area contributed by atoms with Crippen LogP contribution in [0.2, 0.25) is 0 Å². The molecular weight excluding hydrogens is 624 g/mol. The van der Waals surface area contributed by atoms with Crippen molar-refractivity contribution in [3.63, 3.8) is 0 Å². The minimum atomic E-state index is -1.47. The number of phenolic OH excluding ortho intramolecular Hbond substituents is 1. The largest absolute Gasteiger partial charge is 0.502 e. The number of fused-ring (bicyclic) bond motifs is 4. The van der Waals surface area contributed by atoms with Crippen molar-refractivity contribution in [2.75, 3.05) is 34.2 Å². The van der Waals surface area contributed by atoms with Crippen LogP contribution in [0.4, 0.5) is 0 Å². The fraction of sp³-hybridized carbons (Fsp3) is 0.469. The number of carbonyl (C=O) groups excluding carboxylic acids is 1. The van der Waals surface area contributed by atoms with Gasteiger partial charge in [0.05, 0.1) is 44.3 Å². The summed E-state index contributed by atoms with van der Waals surface area (Å²) < 4.78 is 52.6. The molecule has 10 atom stereocenters. The molecule has 244 valence electrons. The summed E-state index contributed by atoms with van der Waals surface area (Å²) in [6.45, 7) is 0.171. The summed E-state index contributed by atoms with van der Waals surface area (Å²) in [6.07, 6.45) is -7.16. The molecule has 3 fully saturated rings. The number of aliphatic hydroxyl groups excluding tert-OH is 2. The van der Waals surface area contributed by atoms with Crippen LogP contribution in [0.25, 0.3) is 0 Å². The number of rotatable bonds is 6. The Morgan fingerprint density at radius 1 is 0.913 bits per heavy atom. The summed E-state index contributed by atoms with van der Waals surface area (Å²) in [5.74, 6) is -1.08. The maximum atomic E-state index is 13.5. The lowest BCUT2D eigenvalue weighted by molar-refractivity contribution is -0.368. The monoisotopic (exact) mass is 656 g/mol. The number of hydrogen-bond donors (Lipinski definition) is 3. The van der Waals surface area contributed by atoms with Crippen LogP contribution in [0.3, 0.4) is 0 Å². The zero-order chi connectivity index (χ0) is 31.7. The third-order valence-electron chi connectivity index (χ3n) is 9.37. The number of ether oxygens (including phenoxy) is 9. The average molecular weight is 657 g/mol. The van der Waals surface area contributed by atoms with Crippen molar-refractivity contribution in [1.82, 2.24) is 0 Å². The molecule has 5 heterocycles. The molecule has 3 aromatic rings. The average Bonchev–Trinajstić information content (AvgIpc) is 3.85. The highest BCUT2D eigenvalue weighted by Gasteiger charge is 2.56. The number of cyclic esters (lactones) is 1. The van der Waals surface area contributed by atoms with Crippen LogP contribution in [0.15, 0.2) is 41.8 Å². The van der Waals surface area contributed by atoms with Crippen LogP contribution in [0, 0.1) is 11.8 Å². The van der Waals surface area contributed by atoms with Gasteiger partial charge in [0, 0.05) is 11.8 Å². The summed E-state index contributed by atoms with van der Waals surface area (Å²) in [5.41, 5.74) is 2.00. The lowest BCUT2D eigenvalue weighted by atomic mass is 9.66. The fourth-order valence-electron chi connectivity index (χ4n) is 7.18. The Labute approximate surface area is 267 Å². The zero-order valence-corrected chi connectivity index (χ0v) is 25.6. The molecule has 8 rings (SSSR count). The van der Waals surface area contributed by atoms with Crippen molar-refractivity contribution < 1.29 is 62.7 Å². The summed E-state index contributed by atoms with van der Waals surface area (Å²) >= 11 is 1.46. The van der Waals surface area contributed by atoms with Crippen LogP contribution in [-0.4, -0.2) is 86.2 Å². The van der Waals surface area contributed by atoms with Crippen molar-refractivity contribution in [3.8, 4) is 28.7 Å². The van der Waals surface area contributed by atoms with Crippen molar-refractivity contribution >= 4 is 17.3 Å². The molecule has 0 amide bonds. The van der Waals surface area contributed by atoms with Gasteiger partial charge in [-0.15, -0.1) is 11.3 Å². The highest BCUT2D eigenvalue weighted by molar-refractivity contribution is 7.10. The predicted molar refractivity (Wildman–Crippen MR) is 156 cm³/mol. The van der Waals surface area contributed by atoms with Gasteiger partial charge in [0.25, 0.3) is 0 Å². The van der Waals surface area contributed by atoms with E-state index < -0.39 is 66.8 Å². The van der Waals surface area contributed by atoms with Gasteiger partial charge in [0.15, 0.2) is 35.6 Å². The van der Waals surface area contributed by atoms with Crippen molar-refractivity contribution in [2.24, 2.45) is 11.8 Å². The summed E-state index contributed by atoms with van der Waals surface area (Å²) in [5, 5.41) is 35.0. The van der Waals surface area contributed by atoms with E-state index in [1.807, 2.05) is 23.6 Å². The lowest BCUT2D eigenvalue weighted by Gasteiger charge is -2.48. The number of benzene rings is 2. The van der Waals surface area contributed by atoms with E-state index in [-0.39, 0.29) is 37.3 Å². The van der Waals surface area contributed by atoms with E-state index in [0.29, 0.717) is 28.2 Å². The lowest BCUT2D eigenvalue weighted by Crippen LogP contribution is -2.62. The Morgan fingerprint density at radius 2 is 1.65 bits per heavy atom. The Hall–Kier alpha value is -3.63. The topological polar surface area (TPSA) is 161 Å². The maximum Gasteiger partial charge on any atom is 0.310 e. The van der Waals surface area contributed by atoms with Gasteiger partial charge in [-0.1, -0.05) is 6.07 Å². The maximum absolute atomic E-state index is 13.5. The fourth-order valence-corrected chi connectivity index (χ4v) is 7.89. The Morgan fingerprint density at radius 3 is 2.35 bits per heavy atom. The first kappa shape index (κ1) is 29.8. The van der Waals surface area contributed by atoms with E-state index in [4.69, 9.17) is 42.6 Å². The van der Waals surface area contributed by atoms with Crippen LogP contribution >= 0.6 is 11.3 Å². The molecule has 1 aromatic heterocycles. The molecule has 13 nitrogen and oxygen atoms in total. The summed E-state index contributed by atoms with van der Waals surface area (Å²) in [6, 6.07) is 10.7. The number of hydrogen-bond acceptors (Lipinski definition) is 14. The zero-order valence-electron chi connectivity index (χ0n) is 24.8. The van der Waals surface area contributed by atoms with Gasteiger partial charge in [-0.2, -0.15) is 0 Å². The molecule has 46 heavy (non-hydrogen) atoms. The first-order valence-corrected chi connectivity index (χ1v) is 15.8. The summed E-state index contributed by atoms with van der Waals surface area (Å²) in [4.78, 5) is 14.3. The molecule has 3 N–H and O–H groups in total. The Kier molecular flexibility index (Phi) is 7.48. The third-order valence-corrected chi connectivity index (χ3v) is 10.3. The van der Waals surface area contributed by atoms with Gasteiger partial charge in [-0.25, -0.2) is 0 Å². The van der Waals surface area contributed by atoms with Gasteiger partial charge in [-0.05, 0) is 52.4 Å². The van der Waals surface area contributed by atoms with E-state index in [1.54, 1.807) is 18.2 Å². The number of methoxy groups -OCH3 is 2. The Balaban J connectivity index is 1.16. The molecule has 2 unspecified atom stereocenters. The molecule has 4 aliphatic heterocycles. The van der Waals surface area contributed by atoms with Crippen LogP contribution < -0.4 is 18.9 Å². The standard InChI is InChI=1S/C32H32O13S/c1-37-19-6-13(7-20(38-2)25(19)33)23-14-8-17-18(42-12-41-17)9-15(14)28(16-10-39-30(36)24(16)23)44-32-27(35)26(34)29-21(43-32)11-40-31(45-29)22-4-3-5-46-22/h3-9,16,21,23-24,26-29,31-35H,10-12H2,1-2H3/t16?,21-,23-,24+,26-,27-,28?,29-,31-,32+/m1/s1. The van der Waals surface area contributed by atoms with E-state index in [0.717, 1.165) is 4.88 Å². The first-order valence-electron chi connectivity index (χ1n) is 14.9. The Bertz CT molecular complexity index is 1600. The van der Waals surface area contributed by atoms with Crippen LogP contribution in [-0.2, 0) is 28.5 Å². The number of thiophene rings is 1. The van der Waals surface area contributed by atoms with Crippen molar-refractivity contribution in [2.45, 2.75) is 49.0 Å². The molecule has 1 aliphatic carbocycles. The van der Waals surface area contributed by atoms with E-state index >= 15 is 0 Å². The molecule has 0 spiro atoms.